The molecule has 0 aromatic rings. The van der Waals surface area contributed by atoms with Crippen LogP contribution >= 0.6 is 0 Å². The number of carbonyl (C=O) groups is 1. The molecule has 4 aliphatic carbocycles. The van der Waals surface area contributed by atoms with Crippen LogP contribution in [0.2, 0.25) is 0 Å². The first-order valence-corrected chi connectivity index (χ1v) is 11.3. The summed E-state index contributed by atoms with van der Waals surface area (Å²) in [6.45, 7) is 8.48. The van der Waals surface area contributed by atoms with E-state index in [-0.39, 0.29) is 28.9 Å². The number of hydrogen-bond acceptors (Lipinski definition) is 3. The molecule has 0 bridgehead atoms. The van der Waals surface area contributed by atoms with Gasteiger partial charge in [-0.1, -0.05) is 13.8 Å². The van der Waals surface area contributed by atoms with Gasteiger partial charge in [0.05, 0.1) is 11.7 Å². The largest absolute Gasteiger partial charge is 0.393 e. The fourth-order valence-corrected chi connectivity index (χ4v) is 8.47. The molecule has 4 aliphatic rings. The van der Waals surface area contributed by atoms with Crippen molar-refractivity contribution in [3.8, 4) is 0 Å². The lowest BCUT2D eigenvalue weighted by molar-refractivity contribution is -0.211. The maximum atomic E-state index is 12.1. The van der Waals surface area contributed by atoms with Gasteiger partial charge in [0.1, 0.15) is 0 Å². The highest BCUT2D eigenvalue weighted by Crippen LogP contribution is 2.69. The van der Waals surface area contributed by atoms with Gasteiger partial charge in [0, 0.05) is 18.4 Å². The molecule has 0 spiro atoms. The van der Waals surface area contributed by atoms with E-state index in [2.05, 4.69) is 26.1 Å². The number of amides is 1. The van der Waals surface area contributed by atoms with Crippen molar-refractivity contribution < 1.29 is 15.0 Å². The molecule has 4 fully saturated rings. The predicted molar refractivity (Wildman–Crippen MR) is 106 cm³/mol. The fraction of sp³-hybridized carbons (Fsp3) is 0.957. The van der Waals surface area contributed by atoms with Crippen LogP contribution in [-0.2, 0) is 4.79 Å². The molecule has 4 saturated carbocycles. The average molecular weight is 378 g/mol. The van der Waals surface area contributed by atoms with Gasteiger partial charge in [-0.25, -0.2) is 0 Å². The molecule has 0 aromatic heterocycles. The molecule has 0 unspecified atom stereocenters. The molecular weight excluding hydrogens is 338 g/mol. The van der Waals surface area contributed by atoms with Crippen LogP contribution in [0.1, 0.15) is 85.5 Å². The van der Waals surface area contributed by atoms with Gasteiger partial charge in [-0.05, 0) is 93.8 Å². The fourth-order valence-electron chi connectivity index (χ4n) is 8.47. The Hall–Kier alpha value is -0.610. The van der Waals surface area contributed by atoms with E-state index >= 15 is 0 Å². The first-order chi connectivity index (χ1) is 12.6. The molecular formula is C23H39NO3. The van der Waals surface area contributed by atoms with Crippen LogP contribution in [0.4, 0.5) is 0 Å². The zero-order valence-electron chi connectivity index (χ0n) is 17.6. The molecule has 9 atom stereocenters. The van der Waals surface area contributed by atoms with Crippen molar-refractivity contribution in [1.82, 2.24) is 5.32 Å². The minimum atomic E-state index is -0.600. The van der Waals surface area contributed by atoms with E-state index in [1.165, 1.54) is 6.42 Å². The average Bonchev–Trinajstić information content (AvgIpc) is 2.87. The number of rotatable bonds is 2. The van der Waals surface area contributed by atoms with Crippen LogP contribution in [0.5, 0.6) is 0 Å². The number of hydrogen-bond donors (Lipinski definition) is 3. The highest BCUT2D eigenvalue weighted by Gasteiger charge is 2.67. The lowest BCUT2D eigenvalue weighted by Crippen LogP contribution is -2.63. The molecule has 0 saturated heterocycles. The third-order valence-corrected chi connectivity index (χ3v) is 9.93. The predicted octanol–water partition coefficient (Wildman–Crippen LogP) is 3.65. The number of aliphatic hydroxyl groups excluding tert-OH is 1. The Morgan fingerprint density at radius 2 is 1.78 bits per heavy atom. The maximum absolute atomic E-state index is 12.1. The summed E-state index contributed by atoms with van der Waals surface area (Å²) in [5.41, 5.74) is -0.425. The Labute approximate surface area is 164 Å². The van der Waals surface area contributed by atoms with E-state index in [9.17, 15) is 15.0 Å². The van der Waals surface area contributed by atoms with Crippen LogP contribution in [0.25, 0.3) is 0 Å². The zero-order valence-corrected chi connectivity index (χ0v) is 17.6. The quantitative estimate of drug-likeness (QED) is 0.688. The summed E-state index contributed by atoms with van der Waals surface area (Å²) in [5.74, 6) is 1.96. The minimum Gasteiger partial charge on any atom is -0.393 e. The maximum Gasteiger partial charge on any atom is 0.217 e. The Bertz CT molecular complexity index is 608. The van der Waals surface area contributed by atoms with Crippen LogP contribution < -0.4 is 5.32 Å². The van der Waals surface area contributed by atoms with Crippen molar-refractivity contribution >= 4 is 5.91 Å². The zero-order chi connectivity index (χ0) is 19.6. The van der Waals surface area contributed by atoms with Crippen molar-refractivity contribution in [2.45, 2.75) is 103 Å². The van der Waals surface area contributed by atoms with E-state index in [4.69, 9.17) is 0 Å². The second-order valence-electron chi connectivity index (χ2n) is 10.9. The first-order valence-electron chi connectivity index (χ1n) is 11.3. The van der Waals surface area contributed by atoms with Crippen molar-refractivity contribution in [2.24, 2.45) is 34.5 Å². The van der Waals surface area contributed by atoms with E-state index < -0.39 is 5.60 Å². The lowest BCUT2D eigenvalue weighted by atomic mass is 9.43. The number of carbonyl (C=O) groups excluding carboxylic acids is 1. The van der Waals surface area contributed by atoms with Crippen molar-refractivity contribution in [3.63, 3.8) is 0 Å². The van der Waals surface area contributed by atoms with E-state index in [0.29, 0.717) is 23.7 Å². The molecule has 27 heavy (non-hydrogen) atoms. The molecule has 0 radical (unpaired) electrons. The van der Waals surface area contributed by atoms with Gasteiger partial charge in [0.15, 0.2) is 0 Å². The van der Waals surface area contributed by atoms with Gasteiger partial charge < -0.3 is 15.5 Å². The molecule has 4 heteroatoms. The van der Waals surface area contributed by atoms with Gasteiger partial charge in [0.2, 0.25) is 5.91 Å². The Balaban J connectivity index is 1.61. The molecule has 0 aliphatic heterocycles. The normalized spacial score (nSPS) is 53.0. The first kappa shape index (κ1) is 19.7. The SMILES string of the molecule is CC(=O)N[C@H](C)[C@H]1CC[C@]2(O)[C@@H]3CC[C@@H]4C[C@@H](O)CC[C@]4(C)[C@H]3CC[C@]12C. The van der Waals surface area contributed by atoms with Gasteiger partial charge in [-0.15, -0.1) is 0 Å². The summed E-state index contributed by atoms with van der Waals surface area (Å²) in [6.07, 6.45) is 9.26. The third-order valence-electron chi connectivity index (χ3n) is 9.93. The summed E-state index contributed by atoms with van der Waals surface area (Å²) in [7, 11) is 0. The van der Waals surface area contributed by atoms with Crippen molar-refractivity contribution in [1.29, 1.82) is 0 Å². The van der Waals surface area contributed by atoms with Crippen molar-refractivity contribution in [3.05, 3.63) is 0 Å². The lowest BCUT2D eigenvalue weighted by Gasteiger charge is -2.64. The van der Waals surface area contributed by atoms with Crippen LogP contribution in [0.3, 0.4) is 0 Å². The van der Waals surface area contributed by atoms with Crippen LogP contribution in [0, 0.1) is 34.5 Å². The molecule has 0 aromatic carbocycles. The van der Waals surface area contributed by atoms with Gasteiger partial charge >= 0.3 is 0 Å². The standard InChI is InChI=1S/C23H39NO3/c1-14(24-15(2)25)18-9-12-23(27)20-6-5-16-13-17(26)7-10-21(16,3)19(20)8-11-22(18,23)4/h14,16-20,26-27H,5-13H2,1-4H3,(H,24,25)/t14-,16-,17+,18-,19+,20-,21+,22-,23+/m1/s1. The molecule has 154 valence electrons. The number of nitrogens with one attached hydrogen (secondary N) is 1. The summed E-state index contributed by atoms with van der Waals surface area (Å²) in [5, 5.41) is 25.4. The highest BCUT2D eigenvalue weighted by molar-refractivity contribution is 5.73. The van der Waals surface area contributed by atoms with Gasteiger partial charge in [-0.3, -0.25) is 4.79 Å². The van der Waals surface area contributed by atoms with Crippen molar-refractivity contribution in [2.75, 3.05) is 0 Å². The Morgan fingerprint density at radius 1 is 1.04 bits per heavy atom. The number of fused-ring (bicyclic) bond motifs is 5. The summed E-state index contributed by atoms with van der Waals surface area (Å²) < 4.78 is 0. The molecule has 0 heterocycles. The molecule has 4 rings (SSSR count). The van der Waals surface area contributed by atoms with Crippen LogP contribution in [0.15, 0.2) is 0 Å². The highest BCUT2D eigenvalue weighted by atomic mass is 16.3. The monoisotopic (exact) mass is 377 g/mol. The molecule has 1 amide bonds. The molecule has 3 N–H and O–H groups in total. The second-order valence-corrected chi connectivity index (χ2v) is 10.9. The summed E-state index contributed by atoms with van der Waals surface area (Å²) in [4.78, 5) is 11.6. The Kier molecular flexibility index (Phi) is 4.71. The third kappa shape index (κ3) is 2.73. The van der Waals surface area contributed by atoms with E-state index in [1.807, 2.05) is 0 Å². The van der Waals surface area contributed by atoms with Crippen LogP contribution in [-0.4, -0.2) is 33.9 Å². The minimum absolute atomic E-state index is 0.0315. The van der Waals surface area contributed by atoms with Gasteiger partial charge in [0.25, 0.3) is 0 Å². The van der Waals surface area contributed by atoms with E-state index in [1.54, 1.807) is 6.92 Å². The molecule has 4 nitrogen and oxygen atoms in total. The topological polar surface area (TPSA) is 69.6 Å². The van der Waals surface area contributed by atoms with E-state index in [0.717, 1.165) is 51.4 Å². The number of aliphatic hydroxyl groups is 2. The Morgan fingerprint density at radius 3 is 2.48 bits per heavy atom. The second kappa shape index (κ2) is 6.45. The summed E-state index contributed by atoms with van der Waals surface area (Å²) >= 11 is 0. The smallest absolute Gasteiger partial charge is 0.217 e. The van der Waals surface area contributed by atoms with Gasteiger partial charge in [-0.2, -0.15) is 0 Å². The summed E-state index contributed by atoms with van der Waals surface area (Å²) in [6, 6.07) is 0.120.